The van der Waals surface area contributed by atoms with Gasteiger partial charge in [-0.25, -0.2) is 0 Å². The zero-order chi connectivity index (χ0) is 14.2. The maximum Gasteiger partial charge on any atom is 0.234 e. The first-order valence-electron chi connectivity index (χ1n) is 7.15. The molecule has 0 aromatic heterocycles. The van der Waals surface area contributed by atoms with Crippen LogP contribution in [-0.2, 0) is 4.79 Å². The quantitative estimate of drug-likeness (QED) is 0.766. The number of piperazine rings is 1. The van der Waals surface area contributed by atoms with Crippen LogP contribution in [0.2, 0.25) is 0 Å². The van der Waals surface area contributed by atoms with Crippen molar-refractivity contribution >= 4 is 18.3 Å². The Kier molecular flexibility index (Phi) is 8.12. The van der Waals surface area contributed by atoms with E-state index in [1.807, 2.05) is 30.3 Å². The number of benzene rings is 1. The van der Waals surface area contributed by atoms with Crippen LogP contribution in [0.15, 0.2) is 30.3 Å². The molecule has 5 nitrogen and oxygen atoms in total. The summed E-state index contributed by atoms with van der Waals surface area (Å²) < 4.78 is 5.53. The molecule has 0 aliphatic carbocycles. The lowest BCUT2D eigenvalue weighted by Gasteiger charge is -2.33. The molecule has 1 aliphatic rings. The number of hydrogen-bond donors (Lipinski definition) is 2. The third kappa shape index (κ3) is 6.33. The lowest BCUT2D eigenvalue weighted by atomic mass is 10.2. The van der Waals surface area contributed by atoms with Crippen LogP contribution in [0.4, 0.5) is 0 Å². The minimum atomic E-state index is 0. The molecule has 0 radical (unpaired) electrons. The van der Waals surface area contributed by atoms with E-state index >= 15 is 0 Å². The summed E-state index contributed by atoms with van der Waals surface area (Å²) in [6.45, 7) is 6.46. The summed E-state index contributed by atoms with van der Waals surface area (Å²) in [5, 5.41) is 6.21. The first-order valence-corrected chi connectivity index (χ1v) is 7.15. The molecule has 1 heterocycles. The lowest BCUT2D eigenvalue weighted by Crippen LogP contribution is -2.52. The van der Waals surface area contributed by atoms with Crippen LogP contribution >= 0.6 is 12.4 Å². The average molecular weight is 314 g/mol. The highest BCUT2D eigenvalue weighted by molar-refractivity contribution is 5.85. The van der Waals surface area contributed by atoms with Gasteiger partial charge in [-0.05, 0) is 19.1 Å². The Morgan fingerprint density at radius 3 is 2.90 bits per heavy atom. The maximum absolute atomic E-state index is 11.8. The summed E-state index contributed by atoms with van der Waals surface area (Å²) in [7, 11) is 0. The van der Waals surface area contributed by atoms with Gasteiger partial charge in [0.2, 0.25) is 5.91 Å². The van der Waals surface area contributed by atoms with E-state index in [2.05, 4.69) is 22.5 Å². The number of carbonyl (C=O) groups is 1. The van der Waals surface area contributed by atoms with Crippen LogP contribution < -0.4 is 15.4 Å². The molecule has 0 saturated carbocycles. The third-order valence-corrected chi connectivity index (χ3v) is 3.42. The summed E-state index contributed by atoms with van der Waals surface area (Å²) in [6.07, 6.45) is 0. The Hall–Kier alpha value is -1.30. The fraction of sp³-hybridized carbons (Fsp3) is 0.533. The van der Waals surface area contributed by atoms with Crippen molar-refractivity contribution < 1.29 is 9.53 Å². The van der Waals surface area contributed by atoms with Crippen molar-refractivity contribution in [2.45, 2.75) is 13.0 Å². The number of nitrogens with zero attached hydrogens (tertiary/aromatic N) is 1. The average Bonchev–Trinajstić information content (AvgIpc) is 2.47. The molecular formula is C15H24ClN3O2. The van der Waals surface area contributed by atoms with Gasteiger partial charge in [-0.3, -0.25) is 9.69 Å². The van der Waals surface area contributed by atoms with Crippen LogP contribution in [0.25, 0.3) is 0 Å². The summed E-state index contributed by atoms with van der Waals surface area (Å²) >= 11 is 0. The standard InChI is InChI=1S/C15H23N3O2.ClH/c1-13-11-16-7-9-18(13)12-15(19)17-8-10-20-14-5-3-2-4-6-14;/h2-6,13,16H,7-12H2,1H3,(H,17,19);1H/t13-;/m1./s1. The maximum atomic E-state index is 11.8. The molecular weight excluding hydrogens is 290 g/mol. The van der Waals surface area contributed by atoms with Crippen LogP contribution in [0.1, 0.15) is 6.92 Å². The van der Waals surface area contributed by atoms with Gasteiger partial charge in [0, 0.05) is 25.7 Å². The minimum absolute atomic E-state index is 0. The van der Waals surface area contributed by atoms with Gasteiger partial charge >= 0.3 is 0 Å². The SMILES string of the molecule is C[C@@H]1CNCCN1CC(=O)NCCOc1ccccc1.Cl. The first-order chi connectivity index (χ1) is 9.75. The molecule has 1 aromatic carbocycles. The number of carbonyl (C=O) groups excluding carboxylic acids is 1. The Morgan fingerprint density at radius 1 is 1.43 bits per heavy atom. The molecule has 1 saturated heterocycles. The van der Waals surface area contributed by atoms with E-state index in [9.17, 15) is 4.79 Å². The Morgan fingerprint density at radius 2 is 2.19 bits per heavy atom. The number of halogens is 1. The van der Waals surface area contributed by atoms with Gasteiger partial charge in [0.25, 0.3) is 0 Å². The highest BCUT2D eigenvalue weighted by Crippen LogP contribution is 2.07. The van der Waals surface area contributed by atoms with Crippen molar-refractivity contribution in [2.24, 2.45) is 0 Å². The number of para-hydroxylation sites is 1. The third-order valence-electron chi connectivity index (χ3n) is 3.42. The summed E-state index contributed by atoms with van der Waals surface area (Å²) in [5.41, 5.74) is 0. The predicted molar refractivity (Wildman–Crippen MR) is 86.1 cm³/mol. The monoisotopic (exact) mass is 313 g/mol. The van der Waals surface area contributed by atoms with Gasteiger partial charge in [-0.15, -0.1) is 12.4 Å². The minimum Gasteiger partial charge on any atom is -0.492 e. The van der Waals surface area contributed by atoms with Crippen LogP contribution in [-0.4, -0.2) is 56.2 Å². The van der Waals surface area contributed by atoms with Gasteiger partial charge in [0.1, 0.15) is 12.4 Å². The number of amides is 1. The normalized spacial score (nSPS) is 18.6. The second kappa shape index (κ2) is 9.60. The van der Waals surface area contributed by atoms with E-state index in [0.29, 0.717) is 25.7 Å². The van der Waals surface area contributed by atoms with Crippen molar-refractivity contribution in [3.05, 3.63) is 30.3 Å². The zero-order valence-corrected chi connectivity index (χ0v) is 13.2. The molecule has 118 valence electrons. The largest absolute Gasteiger partial charge is 0.492 e. The highest BCUT2D eigenvalue weighted by Gasteiger charge is 2.19. The van der Waals surface area contributed by atoms with E-state index in [4.69, 9.17) is 4.74 Å². The number of hydrogen-bond acceptors (Lipinski definition) is 4. The van der Waals surface area contributed by atoms with Gasteiger partial charge in [0.05, 0.1) is 13.1 Å². The van der Waals surface area contributed by atoms with Crippen molar-refractivity contribution in [1.29, 1.82) is 0 Å². The zero-order valence-electron chi connectivity index (χ0n) is 12.4. The van der Waals surface area contributed by atoms with E-state index in [1.54, 1.807) is 0 Å². The fourth-order valence-electron chi connectivity index (χ4n) is 2.23. The highest BCUT2D eigenvalue weighted by atomic mass is 35.5. The molecule has 1 amide bonds. The molecule has 6 heteroatoms. The number of rotatable bonds is 6. The molecule has 1 fully saturated rings. The second-order valence-corrected chi connectivity index (χ2v) is 5.04. The Balaban J connectivity index is 0.00000220. The molecule has 0 bridgehead atoms. The van der Waals surface area contributed by atoms with E-state index in [0.717, 1.165) is 25.4 Å². The molecule has 21 heavy (non-hydrogen) atoms. The van der Waals surface area contributed by atoms with Gasteiger partial charge in [-0.1, -0.05) is 18.2 Å². The van der Waals surface area contributed by atoms with Crippen LogP contribution in [0.5, 0.6) is 5.75 Å². The van der Waals surface area contributed by atoms with Gasteiger partial charge < -0.3 is 15.4 Å². The molecule has 2 rings (SSSR count). The predicted octanol–water partition coefficient (Wildman–Crippen LogP) is 0.897. The van der Waals surface area contributed by atoms with Crippen molar-refractivity contribution in [3.8, 4) is 5.75 Å². The topological polar surface area (TPSA) is 53.6 Å². The number of ether oxygens (including phenoxy) is 1. The van der Waals surface area contributed by atoms with Crippen molar-refractivity contribution in [2.75, 3.05) is 39.3 Å². The first kappa shape index (κ1) is 17.8. The lowest BCUT2D eigenvalue weighted by molar-refractivity contribution is -0.123. The molecule has 2 N–H and O–H groups in total. The molecule has 1 atom stereocenters. The van der Waals surface area contributed by atoms with E-state index in [1.165, 1.54) is 0 Å². The molecule has 0 unspecified atom stereocenters. The Labute approximate surface area is 132 Å². The van der Waals surface area contributed by atoms with Crippen LogP contribution in [0, 0.1) is 0 Å². The van der Waals surface area contributed by atoms with Gasteiger partial charge in [0.15, 0.2) is 0 Å². The molecule has 1 aliphatic heterocycles. The van der Waals surface area contributed by atoms with Gasteiger partial charge in [-0.2, -0.15) is 0 Å². The number of nitrogens with one attached hydrogen (secondary N) is 2. The van der Waals surface area contributed by atoms with E-state index < -0.39 is 0 Å². The van der Waals surface area contributed by atoms with E-state index in [-0.39, 0.29) is 18.3 Å². The van der Waals surface area contributed by atoms with Crippen molar-refractivity contribution in [3.63, 3.8) is 0 Å². The second-order valence-electron chi connectivity index (χ2n) is 5.04. The smallest absolute Gasteiger partial charge is 0.234 e. The summed E-state index contributed by atoms with van der Waals surface area (Å²) in [5.74, 6) is 0.896. The fourth-order valence-corrected chi connectivity index (χ4v) is 2.23. The molecule has 1 aromatic rings. The summed E-state index contributed by atoms with van der Waals surface area (Å²) in [4.78, 5) is 14.0. The molecule has 0 spiro atoms. The van der Waals surface area contributed by atoms with Crippen LogP contribution in [0.3, 0.4) is 0 Å². The summed E-state index contributed by atoms with van der Waals surface area (Å²) in [6, 6.07) is 10.0. The van der Waals surface area contributed by atoms with Crippen molar-refractivity contribution in [1.82, 2.24) is 15.5 Å². The Bertz CT molecular complexity index is 417.